The van der Waals surface area contributed by atoms with Crippen molar-refractivity contribution in [3.8, 4) is 0 Å². The highest BCUT2D eigenvalue weighted by Crippen LogP contribution is 2.28. The van der Waals surface area contributed by atoms with Gasteiger partial charge in [-0.3, -0.25) is 9.11 Å². The summed E-state index contributed by atoms with van der Waals surface area (Å²) in [6.07, 6.45) is 2.50. The molecule has 0 aliphatic carbocycles. The summed E-state index contributed by atoms with van der Waals surface area (Å²) in [6, 6.07) is 25.9. The molecular weight excluding hydrogens is 734 g/mol. The Morgan fingerprint density at radius 2 is 0.885 bits per heavy atom. The van der Waals surface area contributed by atoms with E-state index in [2.05, 4.69) is 51.2 Å². The molecule has 8 N–H and O–H groups in total. The molecule has 0 unspecified atom stereocenters. The zero-order valence-corrected chi connectivity index (χ0v) is 28.8. The molecule has 4 aromatic carbocycles. The molecule has 52 heavy (non-hydrogen) atoms. The molecule has 2 aromatic heterocycles. The fourth-order valence-electron chi connectivity index (χ4n) is 4.65. The maximum atomic E-state index is 12.4. The average molecular weight is 760 g/mol. The Balaban J connectivity index is 1.25. The van der Waals surface area contributed by atoms with E-state index >= 15 is 0 Å². The normalized spacial score (nSPS) is 11.7. The van der Waals surface area contributed by atoms with Gasteiger partial charge in [-0.15, -0.1) is 0 Å². The van der Waals surface area contributed by atoms with Crippen molar-refractivity contribution in [2.45, 2.75) is 9.79 Å². The van der Waals surface area contributed by atoms with Crippen molar-refractivity contribution in [3.05, 3.63) is 113 Å². The Kier molecular flexibility index (Phi) is 10.2. The fraction of sp³-hybridized carbons (Fsp3) is 0. The molecule has 0 atom stereocenters. The number of rotatable bonds is 12. The van der Waals surface area contributed by atoms with Gasteiger partial charge in [0.15, 0.2) is 0 Å². The van der Waals surface area contributed by atoms with Gasteiger partial charge in [-0.05, 0) is 71.3 Å². The maximum absolute atomic E-state index is 12.4. The molecule has 0 aliphatic heterocycles. The molecule has 264 valence electrons. The molecule has 6 rings (SSSR count). The number of hydrogen-bond acceptors (Lipinski definition) is 15. The van der Waals surface area contributed by atoms with Gasteiger partial charge in [0.05, 0.1) is 0 Å². The van der Waals surface area contributed by atoms with Crippen molar-refractivity contribution in [2.24, 2.45) is 0 Å². The lowest BCUT2D eigenvalue weighted by Gasteiger charge is -2.11. The topological polar surface area (TPSA) is 260 Å². The van der Waals surface area contributed by atoms with Gasteiger partial charge in [0.25, 0.3) is 20.2 Å². The van der Waals surface area contributed by atoms with Gasteiger partial charge in [-0.25, -0.2) is 0 Å². The van der Waals surface area contributed by atoms with Crippen LogP contribution >= 0.6 is 11.6 Å². The molecule has 17 nitrogen and oxygen atoms in total. The summed E-state index contributed by atoms with van der Waals surface area (Å²) < 4.78 is 69.8. The third-order valence-electron chi connectivity index (χ3n) is 6.86. The van der Waals surface area contributed by atoms with E-state index < -0.39 is 30.0 Å². The third-order valence-corrected chi connectivity index (χ3v) is 8.85. The van der Waals surface area contributed by atoms with E-state index in [1.807, 2.05) is 36.4 Å². The molecule has 0 amide bonds. The van der Waals surface area contributed by atoms with Crippen LogP contribution in [0, 0.1) is 0 Å². The van der Waals surface area contributed by atoms with Gasteiger partial charge in [0.2, 0.25) is 35.0 Å². The van der Waals surface area contributed by atoms with E-state index in [-0.39, 0.29) is 57.5 Å². The van der Waals surface area contributed by atoms with Crippen LogP contribution in [0.15, 0.2) is 107 Å². The summed E-state index contributed by atoms with van der Waals surface area (Å²) in [5, 5.41) is 11.5. The van der Waals surface area contributed by atoms with Crippen LogP contribution in [0.3, 0.4) is 0 Å². The second-order valence-electron chi connectivity index (χ2n) is 10.6. The molecule has 0 fully saturated rings. The van der Waals surface area contributed by atoms with Crippen LogP contribution in [0.4, 0.5) is 52.5 Å². The molecular formula is C32H26ClN11O6S2. The highest BCUT2D eigenvalue weighted by Gasteiger charge is 2.19. The van der Waals surface area contributed by atoms with Gasteiger partial charge in [0, 0.05) is 22.7 Å². The number of aromatic nitrogens is 6. The molecule has 0 spiro atoms. The van der Waals surface area contributed by atoms with Crippen LogP contribution in [0.25, 0.3) is 12.2 Å². The fourth-order valence-corrected chi connectivity index (χ4v) is 6.23. The smallest absolute Gasteiger partial charge is 0.295 e. The minimum atomic E-state index is -4.81. The zero-order valence-electron chi connectivity index (χ0n) is 26.4. The number of nitrogens with zero attached hydrogens (tertiary/aromatic N) is 6. The minimum absolute atomic E-state index is 0.0172. The predicted molar refractivity (Wildman–Crippen MR) is 197 cm³/mol. The summed E-state index contributed by atoms with van der Waals surface area (Å²) >= 11 is 6.08. The highest BCUT2D eigenvalue weighted by molar-refractivity contribution is 7.86. The summed E-state index contributed by atoms with van der Waals surface area (Å²) in [7, 11) is -9.62. The monoisotopic (exact) mass is 759 g/mol. The average Bonchev–Trinajstić information content (AvgIpc) is 3.07. The summed E-state index contributed by atoms with van der Waals surface area (Å²) in [6.45, 7) is 0. The van der Waals surface area contributed by atoms with Crippen molar-refractivity contribution in [2.75, 3.05) is 27.0 Å². The quantitative estimate of drug-likeness (QED) is 0.0563. The van der Waals surface area contributed by atoms with Crippen LogP contribution in [0.5, 0.6) is 0 Å². The largest absolute Gasteiger partial charge is 0.368 e. The van der Waals surface area contributed by atoms with Crippen molar-refractivity contribution in [1.82, 2.24) is 29.9 Å². The number of nitrogen functional groups attached to an aromatic ring is 1. The van der Waals surface area contributed by atoms with Crippen LogP contribution < -0.4 is 27.0 Å². The molecule has 0 aliphatic rings. The van der Waals surface area contributed by atoms with Crippen LogP contribution in [-0.4, -0.2) is 55.8 Å². The van der Waals surface area contributed by atoms with Gasteiger partial charge < -0.3 is 27.0 Å². The lowest BCUT2D eigenvalue weighted by molar-refractivity contribution is 0.480. The Morgan fingerprint density at radius 3 is 1.27 bits per heavy atom. The lowest BCUT2D eigenvalue weighted by atomic mass is 10.1. The molecule has 6 aromatic rings. The van der Waals surface area contributed by atoms with Crippen molar-refractivity contribution in [1.29, 1.82) is 0 Å². The number of benzene rings is 4. The molecule has 0 saturated heterocycles. The second-order valence-corrected chi connectivity index (χ2v) is 13.7. The predicted octanol–water partition coefficient (Wildman–Crippen LogP) is 5.93. The standard InChI is InChI=1S/C32H26ClN11O6S2/c33-27-39-29(35-21-7-3-1-4-8-21)43-30(40-27)37-23-15-13-19(25(17-23)51(45,46)47)11-12-20-14-16-24(18-26(20)52(48,49)50)38-32-42-28(34)41-31(44-32)36-22-9-5-2-6-10-22/h1-18H,(H,45,46,47)(H,48,49,50)(H2,35,37,39,40,43)(H4,34,36,38,41,42,44)/b12-11+. The summed E-state index contributed by atoms with van der Waals surface area (Å²) in [5.41, 5.74) is 7.50. The van der Waals surface area contributed by atoms with Crippen molar-refractivity contribution >= 4 is 96.5 Å². The first-order chi connectivity index (χ1) is 24.8. The zero-order chi connectivity index (χ0) is 36.9. The summed E-state index contributed by atoms with van der Waals surface area (Å²) in [5.74, 6) is 0.0568. The van der Waals surface area contributed by atoms with E-state index in [4.69, 9.17) is 17.3 Å². The van der Waals surface area contributed by atoms with Crippen molar-refractivity contribution < 1.29 is 25.9 Å². The maximum Gasteiger partial charge on any atom is 0.295 e. The molecule has 0 saturated carbocycles. The molecule has 0 radical (unpaired) electrons. The Morgan fingerprint density at radius 1 is 0.519 bits per heavy atom. The van der Waals surface area contributed by atoms with E-state index in [1.54, 1.807) is 24.3 Å². The Hall–Kier alpha value is -6.25. The van der Waals surface area contributed by atoms with Gasteiger partial charge in [-0.1, -0.05) is 60.7 Å². The van der Waals surface area contributed by atoms with Gasteiger partial charge in [0.1, 0.15) is 9.79 Å². The van der Waals surface area contributed by atoms with E-state index in [9.17, 15) is 25.9 Å². The number of halogens is 1. The highest BCUT2D eigenvalue weighted by atomic mass is 35.5. The Labute approximate surface area is 301 Å². The minimum Gasteiger partial charge on any atom is -0.368 e. The van der Waals surface area contributed by atoms with E-state index in [0.29, 0.717) is 11.4 Å². The summed E-state index contributed by atoms with van der Waals surface area (Å²) in [4.78, 5) is 23.5. The number of hydrogen-bond donors (Lipinski definition) is 7. The number of nitrogens with two attached hydrogens (primary N) is 1. The lowest BCUT2D eigenvalue weighted by Crippen LogP contribution is -2.08. The van der Waals surface area contributed by atoms with E-state index in [1.165, 1.54) is 36.4 Å². The van der Waals surface area contributed by atoms with Crippen LogP contribution in [0.1, 0.15) is 11.1 Å². The number of anilines is 9. The van der Waals surface area contributed by atoms with Crippen LogP contribution in [0.2, 0.25) is 5.28 Å². The Bertz CT molecular complexity index is 2340. The van der Waals surface area contributed by atoms with Gasteiger partial charge in [-0.2, -0.15) is 46.7 Å². The first-order valence-electron chi connectivity index (χ1n) is 14.8. The van der Waals surface area contributed by atoms with Gasteiger partial charge >= 0.3 is 0 Å². The SMILES string of the molecule is Nc1nc(Nc2ccccc2)nc(Nc2ccc(/C=C/c3ccc(Nc4nc(Cl)nc(Nc5ccccc5)n4)cc3S(=O)(=O)O)c(S(=O)(=O)O)c2)n1. The number of para-hydroxylation sites is 2. The third kappa shape index (κ3) is 9.29. The van der Waals surface area contributed by atoms with Crippen LogP contribution in [-0.2, 0) is 20.2 Å². The molecule has 20 heteroatoms. The molecule has 2 heterocycles. The number of nitrogens with one attached hydrogen (secondary N) is 4. The first-order valence-corrected chi connectivity index (χ1v) is 18.1. The second kappa shape index (κ2) is 14.9. The first kappa shape index (κ1) is 35.6. The van der Waals surface area contributed by atoms with E-state index in [0.717, 1.165) is 12.1 Å². The molecule has 0 bridgehead atoms. The van der Waals surface area contributed by atoms with Crippen molar-refractivity contribution in [3.63, 3.8) is 0 Å².